The summed E-state index contributed by atoms with van der Waals surface area (Å²) in [5, 5.41) is 7.57. The Hall–Kier alpha value is -1.62. The van der Waals surface area contributed by atoms with Crippen molar-refractivity contribution in [2.75, 3.05) is 32.1 Å². The third-order valence-corrected chi connectivity index (χ3v) is 3.73. The lowest BCUT2D eigenvalue weighted by molar-refractivity contribution is 0.258. The second kappa shape index (κ2) is 5.57. The molecule has 1 heterocycles. The van der Waals surface area contributed by atoms with E-state index in [2.05, 4.69) is 23.9 Å². The van der Waals surface area contributed by atoms with Gasteiger partial charge in [0.2, 0.25) is 0 Å². The van der Waals surface area contributed by atoms with E-state index in [4.69, 9.17) is 11.1 Å². The number of nitrogens with zero attached hydrogens (tertiary/aromatic N) is 2. The highest BCUT2D eigenvalue weighted by molar-refractivity contribution is 6.00. The predicted octanol–water partition coefficient (Wildman–Crippen LogP) is 1.64. The molecule has 1 aromatic carbocycles. The molecule has 1 saturated heterocycles. The SMILES string of the molecule is CN(C)C1CCCN(c2cccc(F)c2C(=N)N)C1. The fourth-order valence-electron chi connectivity index (χ4n) is 2.64. The van der Waals surface area contributed by atoms with Crippen LogP contribution in [0.25, 0.3) is 0 Å². The Morgan fingerprint density at radius 3 is 2.84 bits per heavy atom. The van der Waals surface area contributed by atoms with Crippen LogP contribution in [-0.2, 0) is 0 Å². The number of nitrogen functional groups attached to an aromatic ring is 1. The van der Waals surface area contributed by atoms with E-state index in [9.17, 15) is 4.39 Å². The van der Waals surface area contributed by atoms with Crippen molar-refractivity contribution in [1.29, 1.82) is 5.41 Å². The van der Waals surface area contributed by atoms with E-state index in [1.807, 2.05) is 6.07 Å². The predicted molar refractivity (Wildman–Crippen MR) is 76.3 cm³/mol. The largest absolute Gasteiger partial charge is 0.384 e. The molecule has 0 aromatic heterocycles. The number of likely N-dealkylation sites (N-methyl/N-ethyl adjacent to an activating group) is 1. The zero-order chi connectivity index (χ0) is 14.0. The number of halogens is 1. The van der Waals surface area contributed by atoms with Crippen LogP contribution in [0, 0.1) is 11.2 Å². The van der Waals surface area contributed by atoms with Gasteiger partial charge in [0, 0.05) is 19.1 Å². The first-order valence-corrected chi connectivity index (χ1v) is 6.55. The minimum absolute atomic E-state index is 0.208. The molecule has 0 aliphatic carbocycles. The maximum atomic E-state index is 13.9. The first kappa shape index (κ1) is 13.8. The lowest BCUT2D eigenvalue weighted by Crippen LogP contribution is -2.45. The van der Waals surface area contributed by atoms with Crippen molar-refractivity contribution in [2.24, 2.45) is 5.73 Å². The topological polar surface area (TPSA) is 56.4 Å². The average molecular weight is 264 g/mol. The molecule has 19 heavy (non-hydrogen) atoms. The monoisotopic (exact) mass is 264 g/mol. The summed E-state index contributed by atoms with van der Waals surface area (Å²) in [7, 11) is 4.12. The van der Waals surface area contributed by atoms with Crippen LogP contribution < -0.4 is 10.6 Å². The van der Waals surface area contributed by atoms with Gasteiger partial charge in [0.05, 0.1) is 11.3 Å². The van der Waals surface area contributed by atoms with Crippen molar-refractivity contribution < 1.29 is 4.39 Å². The number of nitrogens with one attached hydrogen (secondary N) is 1. The smallest absolute Gasteiger partial charge is 0.136 e. The average Bonchev–Trinajstić information content (AvgIpc) is 2.38. The van der Waals surface area contributed by atoms with Gasteiger partial charge in [-0.2, -0.15) is 0 Å². The van der Waals surface area contributed by atoms with Crippen molar-refractivity contribution in [2.45, 2.75) is 18.9 Å². The van der Waals surface area contributed by atoms with Crippen LogP contribution in [0.4, 0.5) is 10.1 Å². The highest BCUT2D eigenvalue weighted by Crippen LogP contribution is 2.26. The first-order valence-electron chi connectivity index (χ1n) is 6.55. The fraction of sp³-hybridized carbons (Fsp3) is 0.500. The molecule has 2 rings (SSSR count). The summed E-state index contributed by atoms with van der Waals surface area (Å²) >= 11 is 0. The minimum Gasteiger partial charge on any atom is -0.384 e. The second-order valence-electron chi connectivity index (χ2n) is 5.25. The summed E-state index contributed by atoms with van der Waals surface area (Å²) in [6.07, 6.45) is 2.21. The van der Waals surface area contributed by atoms with Crippen LogP contribution in [-0.4, -0.2) is 44.0 Å². The van der Waals surface area contributed by atoms with Crippen molar-refractivity contribution in [3.63, 3.8) is 0 Å². The van der Waals surface area contributed by atoms with E-state index in [0.717, 1.165) is 31.6 Å². The third-order valence-electron chi connectivity index (χ3n) is 3.73. The van der Waals surface area contributed by atoms with Crippen molar-refractivity contribution in [3.05, 3.63) is 29.6 Å². The maximum absolute atomic E-state index is 13.9. The molecule has 1 atom stereocenters. The van der Waals surface area contributed by atoms with Gasteiger partial charge in [0.1, 0.15) is 11.7 Å². The molecule has 0 radical (unpaired) electrons. The summed E-state index contributed by atoms with van der Waals surface area (Å²) in [5.41, 5.74) is 6.48. The maximum Gasteiger partial charge on any atom is 0.136 e. The Bertz CT molecular complexity index is 473. The summed E-state index contributed by atoms with van der Waals surface area (Å²) < 4.78 is 13.9. The Kier molecular flexibility index (Phi) is 4.04. The van der Waals surface area contributed by atoms with Gasteiger partial charge >= 0.3 is 0 Å². The zero-order valence-electron chi connectivity index (χ0n) is 11.5. The molecule has 0 spiro atoms. The van der Waals surface area contributed by atoms with Crippen LogP contribution in [0.1, 0.15) is 18.4 Å². The van der Waals surface area contributed by atoms with Gasteiger partial charge in [0.25, 0.3) is 0 Å². The highest BCUT2D eigenvalue weighted by atomic mass is 19.1. The van der Waals surface area contributed by atoms with E-state index in [1.165, 1.54) is 6.07 Å². The Balaban J connectivity index is 2.31. The summed E-state index contributed by atoms with van der Waals surface area (Å²) in [6.45, 7) is 1.73. The van der Waals surface area contributed by atoms with E-state index >= 15 is 0 Å². The molecule has 4 nitrogen and oxygen atoms in total. The zero-order valence-corrected chi connectivity index (χ0v) is 11.5. The number of hydrogen-bond donors (Lipinski definition) is 2. The third kappa shape index (κ3) is 2.87. The van der Waals surface area contributed by atoms with Gasteiger partial charge in [-0.1, -0.05) is 6.07 Å². The van der Waals surface area contributed by atoms with E-state index in [1.54, 1.807) is 6.07 Å². The number of amidine groups is 1. The number of hydrogen-bond acceptors (Lipinski definition) is 3. The van der Waals surface area contributed by atoms with Crippen LogP contribution in [0.5, 0.6) is 0 Å². The van der Waals surface area contributed by atoms with Crippen molar-refractivity contribution in [1.82, 2.24) is 4.90 Å². The van der Waals surface area contributed by atoms with Gasteiger partial charge in [-0.05, 0) is 39.1 Å². The molecular weight excluding hydrogens is 243 g/mol. The van der Waals surface area contributed by atoms with Gasteiger partial charge in [0.15, 0.2) is 0 Å². The van der Waals surface area contributed by atoms with Gasteiger partial charge < -0.3 is 15.5 Å². The molecule has 1 fully saturated rings. The molecule has 3 N–H and O–H groups in total. The molecular formula is C14H21FN4. The molecule has 1 aliphatic heterocycles. The minimum atomic E-state index is -0.419. The Labute approximate surface area is 113 Å². The first-order chi connectivity index (χ1) is 9.00. The van der Waals surface area contributed by atoms with Crippen molar-refractivity contribution >= 4 is 11.5 Å². The van der Waals surface area contributed by atoms with Crippen LogP contribution >= 0.6 is 0 Å². The number of benzene rings is 1. The van der Waals surface area contributed by atoms with E-state index < -0.39 is 5.82 Å². The Morgan fingerprint density at radius 2 is 2.21 bits per heavy atom. The van der Waals surface area contributed by atoms with Gasteiger partial charge in [-0.3, -0.25) is 5.41 Å². The number of rotatable bonds is 3. The van der Waals surface area contributed by atoms with Crippen molar-refractivity contribution in [3.8, 4) is 0 Å². The van der Waals surface area contributed by atoms with Crippen LogP contribution in [0.2, 0.25) is 0 Å². The number of anilines is 1. The number of piperidine rings is 1. The normalized spacial score (nSPS) is 19.8. The molecule has 104 valence electrons. The fourth-order valence-corrected chi connectivity index (χ4v) is 2.64. The van der Waals surface area contributed by atoms with Gasteiger partial charge in [-0.15, -0.1) is 0 Å². The lowest BCUT2D eigenvalue weighted by atomic mass is 10.0. The molecule has 1 unspecified atom stereocenters. The summed E-state index contributed by atoms with van der Waals surface area (Å²) in [4.78, 5) is 4.33. The van der Waals surface area contributed by atoms with E-state index in [0.29, 0.717) is 6.04 Å². The molecule has 0 saturated carbocycles. The Morgan fingerprint density at radius 1 is 1.47 bits per heavy atom. The summed E-state index contributed by atoms with van der Waals surface area (Å²) in [6, 6.07) is 5.33. The molecule has 0 bridgehead atoms. The van der Waals surface area contributed by atoms with Crippen LogP contribution in [0.15, 0.2) is 18.2 Å². The van der Waals surface area contributed by atoms with Crippen LogP contribution in [0.3, 0.4) is 0 Å². The van der Waals surface area contributed by atoms with Gasteiger partial charge in [-0.25, -0.2) is 4.39 Å². The van der Waals surface area contributed by atoms with E-state index in [-0.39, 0.29) is 11.4 Å². The molecule has 1 aromatic rings. The molecule has 1 aliphatic rings. The highest BCUT2D eigenvalue weighted by Gasteiger charge is 2.24. The second-order valence-corrected chi connectivity index (χ2v) is 5.25. The quantitative estimate of drug-likeness (QED) is 0.644. The summed E-state index contributed by atoms with van der Waals surface area (Å²) in [5.74, 6) is -0.628. The molecule has 5 heteroatoms. The molecule has 0 amide bonds. The lowest BCUT2D eigenvalue weighted by Gasteiger charge is -2.38. The standard InChI is InChI=1S/C14H21FN4/c1-18(2)10-5-4-8-19(9-10)12-7-3-6-11(15)13(12)14(16)17/h3,6-7,10H,4-5,8-9H2,1-2H3,(H3,16,17). The number of nitrogens with two attached hydrogens (primary N) is 1.